The number of likely N-dealkylation sites (N-methyl/N-ethyl adjacent to an activating group) is 1. The minimum Gasteiger partial charge on any atom is -0.346 e. The van der Waals surface area contributed by atoms with E-state index in [9.17, 15) is 14.9 Å². The maximum absolute atomic E-state index is 13.3. The highest BCUT2D eigenvalue weighted by Crippen LogP contribution is 2.41. The largest absolute Gasteiger partial charge is 0.346 e. The first-order chi connectivity index (χ1) is 14.8. The number of hydrogen-bond acceptors (Lipinski definition) is 4. The molecule has 2 N–H and O–H groups in total. The molecule has 2 atom stereocenters. The highest BCUT2D eigenvalue weighted by atomic mass is 16.2. The number of carbonyl (C=O) groups excluding carboxylic acids is 2. The molecule has 31 heavy (non-hydrogen) atoms. The lowest BCUT2D eigenvalue weighted by atomic mass is 9.73. The first-order valence-electron chi connectivity index (χ1n) is 10.4. The van der Waals surface area contributed by atoms with Crippen LogP contribution in [0.2, 0.25) is 0 Å². The molecule has 0 radical (unpaired) electrons. The lowest BCUT2D eigenvalue weighted by Crippen LogP contribution is -2.62. The zero-order chi connectivity index (χ0) is 22.2. The molecule has 0 saturated carbocycles. The fourth-order valence-corrected chi connectivity index (χ4v) is 4.50. The van der Waals surface area contributed by atoms with Crippen molar-refractivity contribution in [1.29, 1.82) is 10.7 Å². The molecule has 2 heterocycles. The van der Waals surface area contributed by atoms with Crippen LogP contribution in [-0.2, 0) is 15.1 Å². The zero-order valence-electron chi connectivity index (χ0n) is 17.7. The average molecular weight is 415 g/mol. The molecule has 4 rings (SSSR count). The second kappa shape index (κ2) is 7.88. The van der Waals surface area contributed by atoms with Gasteiger partial charge in [0.15, 0.2) is 5.96 Å². The van der Waals surface area contributed by atoms with Crippen molar-refractivity contribution >= 4 is 23.5 Å². The van der Waals surface area contributed by atoms with Crippen LogP contribution in [0.3, 0.4) is 0 Å². The molecule has 0 aromatic heterocycles. The molecule has 0 aliphatic carbocycles. The quantitative estimate of drug-likeness (QED) is 0.805. The summed E-state index contributed by atoms with van der Waals surface area (Å²) in [7, 11) is 1.58. The monoisotopic (exact) mass is 415 g/mol. The van der Waals surface area contributed by atoms with Gasteiger partial charge >= 0.3 is 0 Å². The van der Waals surface area contributed by atoms with Crippen molar-refractivity contribution in [3.8, 4) is 6.07 Å². The van der Waals surface area contributed by atoms with Crippen molar-refractivity contribution in [3.05, 3.63) is 65.2 Å². The van der Waals surface area contributed by atoms with Gasteiger partial charge in [-0.15, -0.1) is 0 Å². The molecule has 2 aromatic carbocycles. The number of rotatable bonds is 3. The third kappa shape index (κ3) is 3.55. The third-order valence-electron chi connectivity index (χ3n) is 6.32. The van der Waals surface area contributed by atoms with Gasteiger partial charge in [-0.1, -0.05) is 24.3 Å². The van der Waals surface area contributed by atoms with Crippen LogP contribution in [0, 0.1) is 16.7 Å². The van der Waals surface area contributed by atoms with Gasteiger partial charge in [0.1, 0.15) is 0 Å². The lowest BCUT2D eigenvalue weighted by molar-refractivity contribution is -0.131. The molecule has 2 fully saturated rings. The lowest BCUT2D eigenvalue weighted by Gasteiger charge is -2.46. The topological polar surface area (TPSA) is 100 Å². The Kier molecular flexibility index (Phi) is 5.24. The van der Waals surface area contributed by atoms with E-state index in [4.69, 9.17) is 5.41 Å². The minimum atomic E-state index is -0.907. The summed E-state index contributed by atoms with van der Waals surface area (Å²) in [6.45, 7) is 2.59. The highest BCUT2D eigenvalue weighted by molar-refractivity contribution is 6.02. The van der Waals surface area contributed by atoms with Crippen molar-refractivity contribution in [1.82, 2.24) is 10.2 Å². The Balaban J connectivity index is 1.75. The summed E-state index contributed by atoms with van der Waals surface area (Å²) >= 11 is 0. The molecule has 2 amide bonds. The molecule has 158 valence electrons. The summed E-state index contributed by atoms with van der Waals surface area (Å²) in [4.78, 5) is 28.7. The Labute approximate surface area is 181 Å². The fourth-order valence-electron chi connectivity index (χ4n) is 4.50. The molecule has 2 saturated heterocycles. The minimum absolute atomic E-state index is 0.0154. The summed E-state index contributed by atoms with van der Waals surface area (Å²) in [5, 5.41) is 20.8. The molecule has 0 unspecified atom stereocenters. The highest BCUT2D eigenvalue weighted by Gasteiger charge is 2.48. The van der Waals surface area contributed by atoms with Crippen molar-refractivity contribution in [3.63, 3.8) is 0 Å². The summed E-state index contributed by atoms with van der Waals surface area (Å²) < 4.78 is 0. The van der Waals surface area contributed by atoms with Crippen LogP contribution in [0.1, 0.15) is 48.8 Å². The Morgan fingerprint density at radius 1 is 1.16 bits per heavy atom. The number of hydrogen-bond donors (Lipinski definition) is 2. The van der Waals surface area contributed by atoms with Gasteiger partial charge in [0.05, 0.1) is 23.1 Å². The predicted octanol–water partition coefficient (Wildman–Crippen LogP) is 3.07. The van der Waals surface area contributed by atoms with Crippen LogP contribution < -0.4 is 10.2 Å². The number of nitrogens with one attached hydrogen (secondary N) is 2. The molecular weight excluding hydrogens is 390 g/mol. The van der Waals surface area contributed by atoms with Gasteiger partial charge < -0.3 is 10.2 Å². The fraction of sp³-hybridized carbons (Fsp3) is 0.333. The Morgan fingerprint density at radius 2 is 1.90 bits per heavy atom. The standard InChI is InChI=1S/C24H25N5O2/c1-24(18-7-5-6-16(14-18)15-25)21(22(31)28(2)23(26)27-24)17-9-11-19(12-10-17)29-13-4-3-8-20(29)30/h5-7,9-12,14,21H,3-4,8,13H2,1-2H3,(H2,26,27)/t21-,24-/m1/s1. The van der Waals surface area contributed by atoms with E-state index < -0.39 is 11.5 Å². The number of benzene rings is 2. The molecule has 0 bridgehead atoms. The molecule has 0 spiro atoms. The maximum Gasteiger partial charge on any atom is 0.239 e. The van der Waals surface area contributed by atoms with E-state index in [-0.39, 0.29) is 17.8 Å². The predicted molar refractivity (Wildman–Crippen MR) is 118 cm³/mol. The van der Waals surface area contributed by atoms with Gasteiger partial charge in [-0.3, -0.25) is 19.9 Å². The number of nitriles is 1. The third-order valence-corrected chi connectivity index (χ3v) is 6.32. The second-order valence-corrected chi connectivity index (χ2v) is 8.29. The number of amides is 2. The number of guanidine groups is 1. The van der Waals surface area contributed by atoms with Crippen LogP contribution in [-0.4, -0.2) is 36.3 Å². The molecular formula is C24H25N5O2. The Morgan fingerprint density at radius 3 is 2.58 bits per heavy atom. The van der Waals surface area contributed by atoms with Gasteiger partial charge in [0.2, 0.25) is 11.8 Å². The number of piperidine rings is 1. The SMILES string of the molecule is CN1C(=N)N[C@](C)(c2cccc(C#N)c2)[C@H](c2ccc(N3CCCCC3=O)cc2)C1=O. The molecule has 7 nitrogen and oxygen atoms in total. The van der Waals surface area contributed by atoms with Crippen molar-refractivity contribution in [2.24, 2.45) is 0 Å². The van der Waals surface area contributed by atoms with Crippen LogP contribution >= 0.6 is 0 Å². The Bertz CT molecular complexity index is 1090. The van der Waals surface area contributed by atoms with Gasteiger partial charge in [0, 0.05) is 25.7 Å². The molecule has 2 aliphatic heterocycles. The smallest absolute Gasteiger partial charge is 0.239 e. The van der Waals surface area contributed by atoms with E-state index in [1.807, 2.05) is 37.3 Å². The van der Waals surface area contributed by atoms with E-state index in [2.05, 4.69) is 11.4 Å². The zero-order valence-corrected chi connectivity index (χ0v) is 17.7. The number of carbonyl (C=O) groups is 2. The van der Waals surface area contributed by atoms with Crippen LogP contribution in [0.5, 0.6) is 0 Å². The first-order valence-corrected chi connectivity index (χ1v) is 10.4. The van der Waals surface area contributed by atoms with E-state index in [1.54, 1.807) is 30.1 Å². The molecule has 2 aliphatic rings. The summed E-state index contributed by atoms with van der Waals surface area (Å²) in [6, 6.07) is 16.8. The van der Waals surface area contributed by atoms with Gasteiger partial charge in [-0.25, -0.2) is 0 Å². The maximum atomic E-state index is 13.3. The summed E-state index contributed by atoms with van der Waals surface area (Å²) in [5.41, 5.74) is 1.97. The van der Waals surface area contributed by atoms with E-state index >= 15 is 0 Å². The molecule has 7 heteroatoms. The van der Waals surface area contributed by atoms with Crippen molar-refractivity contribution in [2.45, 2.75) is 37.6 Å². The summed E-state index contributed by atoms with van der Waals surface area (Å²) in [6.07, 6.45) is 2.47. The first kappa shape index (κ1) is 20.6. The van der Waals surface area contributed by atoms with Crippen molar-refractivity contribution < 1.29 is 9.59 Å². The van der Waals surface area contributed by atoms with Gasteiger partial charge in [-0.2, -0.15) is 5.26 Å². The van der Waals surface area contributed by atoms with E-state index in [1.165, 1.54) is 4.90 Å². The van der Waals surface area contributed by atoms with Gasteiger partial charge in [0.25, 0.3) is 0 Å². The Hall–Kier alpha value is -3.66. The van der Waals surface area contributed by atoms with E-state index in [0.29, 0.717) is 18.5 Å². The van der Waals surface area contributed by atoms with Gasteiger partial charge in [-0.05, 0) is 55.2 Å². The van der Waals surface area contributed by atoms with E-state index in [0.717, 1.165) is 29.7 Å². The van der Waals surface area contributed by atoms with Crippen molar-refractivity contribution in [2.75, 3.05) is 18.5 Å². The second-order valence-electron chi connectivity index (χ2n) is 8.29. The molecule has 2 aromatic rings. The number of nitrogens with zero attached hydrogens (tertiary/aromatic N) is 3. The summed E-state index contributed by atoms with van der Waals surface area (Å²) in [5.74, 6) is -0.663. The van der Waals surface area contributed by atoms with Crippen LogP contribution in [0.25, 0.3) is 0 Å². The average Bonchev–Trinajstić information content (AvgIpc) is 2.78. The van der Waals surface area contributed by atoms with Crippen LogP contribution in [0.4, 0.5) is 5.69 Å². The normalized spacial score (nSPS) is 24.0. The van der Waals surface area contributed by atoms with Crippen LogP contribution in [0.15, 0.2) is 48.5 Å². The number of anilines is 1.